The number of methoxy groups -OCH3 is 1. The van der Waals surface area contributed by atoms with E-state index in [9.17, 15) is 14.4 Å². The molecule has 0 amide bonds. The largest absolute Gasteiger partial charge is 0.493 e. The van der Waals surface area contributed by atoms with Gasteiger partial charge in [0.05, 0.1) is 13.0 Å². The number of pyridine rings is 1. The predicted molar refractivity (Wildman–Crippen MR) is 126 cm³/mol. The van der Waals surface area contributed by atoms with E-state index in [4.69, 9.17) is 18.9 Å². The van der Waals surface area contributed by atoms with Crippen LogP contribution in [0.4, 0.5) is 0 Å². The van der Waals surface area contributed by atoms with Gasteiger partial charge in [-0.3, -0.25) is 14.4 Å². The molecule has 1 aromatic heterocycles. The molecular weight excluding hydrogens is 438 g/mol. The third-order valence-electron chi connectivity index (χ3n) is 5.05. The second kappa shape index (κ2) is 12.7. The van der Waals surface area contributed by atoms with Gasteiger partial charge in [-0.15, -0.1) is 0 Å². The second-order valence-electron chi connectivity index (χ2n) is 8.55. The zero-order chi connectivity index (χ0) is 25.3. The monoisotopic (exact) mass is 471 g/mol. The molecule has 34 heavy (non-hydrogen) atoms. The summed E-state index contributed by atoms with van der Waals surface area (Å²) in [6.45, 7) is 8.74. The van der Waals surface area contributed by atoms with Crippen LogP contribution in [0.2, 0.25) is 0 Å². The summed E-state index contributed by atoms with van der Waals surface area (Å²) in [6, 6.07) is 10.8. The van der Waals surface area contributed by atoms with Crippen molar-refractivity contribution in [1.29, 1.82) is 0 Å². The molecular formula is C26H33NO7. The molecule has 0 bridgehead atoms. The Morgan fingerprint density at radius 2 is 1.68 bits per heavy atom. The minimum absolute atomic E-state index is 0.0651. The molecule has 8 heteroatoms. The van der Waals surface area contributed by atoms with E-state index < -0.39 is 29.7 Å². The summed E-state index contributed by atoms with van der Waals surface area (Å²) >= 11 is 0. The van der Waals surface area contributed by atoms with Crippen LogP contribution in [0.25, 0.3) is 0 Å². The number of esters is 2. The maximum atomic E-state index is 12.9. The SMILES string of the molecule is COc1ccnc(C(=O)C[C@@H](C)C(=O)O[C@@H](C)[C@@H](CC(C)C)Oc2ccccc2)c1OC(C)=O. The predicted octanol–water partition coefficient (Wildman–Crippen LogP) is 4.65. The van der Waals surface area contributed by atoms with Crippen LogP contribution in [0.5, 0.6) is 17.2 Å². The number of carbonyl (C=O) groups is 3. The number of benzene rings is 1. The van der Waals surface area contributed by atoms with E-state index in [0.717, 1.165) is 0 Å². The number of hydrogen-bond acceptors (Lipinski definition) is 8. The highest BCUT2D eigenvalue weighted by atomic mass is 16.6. The van der Waals surface area contributed by atoms with Crippen LogP contribution in [0.15, 0.2) is 42.6 Å². The van der Waals surface area contributed by atoms with Gasteiger partial charge in [0.2, 0.25) is 5.75 Å². The highest BCUT2D eigenvalue weighted by Gasteiger charge is 2.29. The molecule has 0 saturated heterocycles. The highest BCUT2D eigenvalue weighted by Crippen LogP contribution is 2.31. The molecule has 2 rings (SSSR count). The molecule has 0 saturated carbocycles. The molecule has 3 atom stereocenters. The van der Waals surface area contributed by atoms with Crippen molar-refractivity contribution in [2.45, 2.75) is 59.7 Å². The second-order valence-corrected chi connectivity index (χ2v) is 8.55. The highest BCUT2D eigenvalue weighted by molar-refractivity contribution is 5.99. The normalized spacial score (nSPS) is 13.5. The van der Waals surface area contributed by atoms with Crippen molar-refractivity contribution >= 4 is 17.7 Å². The first-order valence-electron chi connectivity index (χ1n) is 11.3. The van der Waals surface area contributed by atoms with E-state index in [-0.39, 0.29) is 29.7 Å². The molecule has 0 aliphatic carbocycles. The van der Waals surface area contributed by atoms with E-state index >= 15 is 0 Å². The van der Waals surface area contributed by atoms with Crippen molar-refractivity contribution in [3.63, 3.8) is 0 Å². The number of Topliss-reactive ketones (excluding diaryl/α,β-unsaturated/α-hetero) is 1. The Labute approximate surface area is 200 Å². The molecule has 1 heterocycles. The van der Waals surface area contributed by atoms with Gasteiger partial charge in [0.15, 0.2) is 17.2 Å². The molecule has 0 spiro atoms. The van der Waals surface area contributed by atoms with Crippen LogP contribution in [0, 0.1) is 11.8 Å². The summed E-state index contributed by atoms with van der Waals surface area (Å²) in [5.74, 6) is -1.19. The van der Waals surface area contributed by atoms with Gasteiger partial charge in [-0.2, -0.15) is 0 Å². The van der Waals surface area contributed by atoms with E-state index in [0.29, 0.717) is 18.1 Å². The lowest BCUT2D eigenvalue weighted by molar-refractivity contribution is -0.157. The summed E-state index contributed by atoms with van der Waals surface area (Å²) in [5.41, 5.74) is -0.0765. The lowest BCUT2D eigenvalue weighted by Crippen LogP contribution is -2.36. The van der Waals surface area contributed by atoms with E-state index in [1.54, 1.807) is 13.8 Å². The molecule has 0 radical (unpaired) electrons. The van der Waals surface area contributed by atoms with Gasteiger partial charge >= 0.3 is 11.9 Å². The molecule has 0 N–H and O–H groups in total. The summed E-state index contributed by atoms with van der Waals surface area (Å²) in [7, 11) is 1.39. The molecule has 0 fully saturated rings. The zero-order valence-corrected chi connectivity index (χ0v) is 20.6. The summed E-state index contributed by atoms with van der Waals surface area (Å²) in [4.78, 5) is 41.2. The fourth-order valence-corrected chi connectivity index (χ4v) is 3.34. The number of hydrogen-bond donors (Lipinski definition) is 0. The topological polar surface area (TPSA) is 101 Å². The molecule has 0 aliphatic rings. The Balaban J connectivity index is 2.08. The number of para-hydroxylation sites is 1. The van der Waals surface area contributed by atoms with Crippen molar-refractivity contribution in [1.82, 2.24) is 4.98 Å². The van der Waals surface area contributed by atoms with Crippen LogP contribution in [0.1, 0.15) is 57.9 Å². The lowest BCUT2D eigenvalue weighted by Gasteiger charge is -2.27. The number of nitrogens with zero attached hydrogens (tertiary/aromatic N) is 1. The van der Waals surface area contributed by atoms with Crippen LogP contribution in [-0.4, -0.2) is 42.0 Å². The molecule has 0 unspecified atom stereocenters. The van der Waals surface area contributed by atoms with Gasteiger partial charge in [-0.25, -0.2) is 4.98 Å². The standard InChI is InChI=1S/C26H33NO7/c1-16(2)14-23(34-20-10-8-7-9-11-20)18(4)32-26(30)17(3)15-21(29)24-25(33-19(5)28)22(31-6)12-13-27-24/h7-13,16-18,23H,14-15H2,1-6H3/t17-,18+,23-/m1/s1. The Morgan fingerprint density at radius 1 is 1.00 bits per heavy atom. The van der Waals surface area contributed by atoms with Gasteiger partial charge in [0.25, 0.3) is 0 Å². The molecule has 2 aromatic rings. The van der Waals surface area contributed by atoms with Gasteiger partial charge in [-0.05, 0) is 31.4 Å². The zero-order valence-electron chi connectivity index (χ0n) is 20.6. The number of rotatable bonds is 12. The van der Waals surface area contributed by atoms with E-state index in [2.05, 4.69) is 18.8 Å². The quantitative estimate of drug-likeness (QED) is 0.326. The number of ether oxygens (including phenoxy) is 4. The third-order valence-corrected chi connectivity index (χ3v) is 5.05. The molecule has 184 valence electrons. The smallest absolute Gasteiger partial charge is 0.309 e. The average molecular weight is 472 g/mol. The Bertz CT molecular complexity index is 974. The molecule has 8 nitrogen and oxygen atoms in total. The minimum Gasteiger partial charge on any atom is -0.493 e. The van der Waals surface area contributed by atoms with Crippen molar-refractivity contribution in [2.75, 3.05) is 7.11 Å². The minimum atomic E-state index is -0.746. The van der Waals surface area contributed by atoms with Gasteiger partial charge in [-0.1, -0.05) is 39.0 Å². The summed E-state index contributed by atoms with van der Waals surface area (Å²) < 4.78 is 22.1. The van der Waals surface area contributed by atoms with Gasteiger partial charge < -0.3 is 18.9 Å². The maximum absolute atomic E-state index is 12.9. The van der Waals surface area contributed by atoms with Crippen molar-refractivity contribution in [2.24, 2.45) is 11.8 Å². The third kappa shape index (κ3) is 7.86. The Morgan fingerprint density at radius 3 is 2.26 bits per heavy atom. The van der Waals surface area contributed by atoms with Crippen LogP contribution in [0.3, 0.4) is 0 Å². The maximum Gasteiger partial charge on any atom is 0.309 e. The Hall–Kier alpha value is -3.42. The fraction of sp³-hybridized carbons (Fsp3) is 0.462. The number of aromatic nitrogens is 1. The van der Waals surface area contributed by atoms with Crippen molar-refractivity contribution in [3.05, 3.63) is 48.3 Å². The van der Waals surface area contributed by atoms with Crippen LogP contribution < -0.4 is 14.2 Å². The van der Waals surface area contributed by atoms with E-state index in [1.165, 1.54) is 26.3 Å². The summed E-state index contributed by atoms with van der Waals surface area (Å²) in [6.07, 6.45) is 1.02. The number of ketones is 1. The molecule has 1 aromatic carbocycles. The van der Waals surface area contributed by atoms with Crippen LogP contribution >= 0.6 is 0 Å². The van der Waals surface area contributed by atoms with Gasteiger partial charge in [0.1, 0.15) is 18.0 Å². The first-order valence-corrected chi connectivity index (χ1v) is 11.3. The summed E-state index contributed by atoms with van der Waals surface area (Å²) in [5, 5.41) is 0. The fourth-order valence-electron chi connectivity index (χ4n) is 3.34. The lowest BCUT2D eigenvalue weighted by atomic mass is 10.0. The first kappa shape index (κ1) is 26.8. The van der Waals surface area contributed by atoms with Crippen LogP contribution in [-0.2, 0) is 14.3 Å². The number of carbonyl (C=O) groups excluding carboxylic acids is 3. The first-order chi connectivity index (χ1) is 16.1. The molecule has 0 aliphatic heterocycles. The van der Waals surface area contributed by atoms with E-state index in [1.807, 2.05) is 30.3 Å². The van der Waals surface area contributed by atoms with Crippen molar-refractivity contribution in [3.8, 4) is 17.2 Å². The average Bonchev–Trinajstić information content (AvgIpc) is 2.78. The Kier molecular flexibility index (Phi) is 10.0. The van der Waals surface area contributed by atoms with Gasteiger partial charge in [0, 0.05) is 25.6 Å². The van der Waals surface area contributed by atoms with Crippen molar-refractivity contribution < 1.29 is 33.3 Å².